The van der Waals surface area contributed by atoms with Crippen LogP contribution in [0.5, 0.6) is 0 Å². The van der Waals surface area contributed by atoms with Crippen LogP contribution < -0.4 is 0 Å². The Morgan fingerprint density at radius 2 is 1.83 bits per heavy atom. The van der Waals surface area contributed by atoms with Crippen LogP contribution in [0.25, 0.3) is 0 Å². The molecule has 0 saturated heterocycles. The second-order valence-corrected chi connectivity index (χ2v) is 6.70. The van der Waals surface area contributed by atoms with Gasteiger partial charge in [-0.3, -0.25) is 4.79 Å². The molecule has 1 aromatic carbocycles. The topological polar surface area (TPSA) is 17.1 Å². The van der Waals surface area contributed by atoms with Crippen LogP contribution in [0, 0.1) is 17.3 Å². The zero-order valence-corrected chi connectivity index (χ0v) is 11.8. The molecule has 0 N–H and O–H groups in total. The number of carbonyl (C=O) groups is 1. The number of benzene rings is 1. The summed E-state index contributed by atoms with van der Waals surface area (Å²) in [5, 5.41) is 0. The summed E-state index contributed by atoms with van der Waals surface area (Å²) in [7, 11) is 0. The van der Waals surface area contributed by atoms with Crippen LogP contribution in [-0.4, -0.2) is 5.78 Å². The first-order chi connectivity index (χ1) is 8.47. The van der Waals surface area contributed by atoms with Crippen LogP contribution in [0.4, 0.5) is 0 Å². The summed E-state index contributed by atoms with van der Waals surface area (Å²) in [6.07, 6.45) is 4.01. The van der Waals surface area contributed by atoms with Crippen molar-refractivity contribution in [3.63, 3.8) is 0 Å². The van der Waals surface area contributed by atoms with Crippen LogP contribution in [0.3, 0.4) is 0 Å². The molecule has 2 unspecified atom stereocenters. The van der Waals surface area contributed by atoms with E-state index in [1.165, 1.54) is 6.42 Å². The molecule has 1 heteroatoms. The molecule has 2 rings (SSSR count). The molecule has 0 aliphatic heterocycles. The maximum absolute atomic E-state index is 12.3. The monoisotopic (exact) mass is 244 g/mol. The van der Waals surface area contributed by atoms with Crippen LogP contribution in [0.15, 0.2) is 30.3 Å². The minimum atomic E-state index is 0.300. The van der Waals surface area contributed by atoms with Gasteiger partial charge in [-0.1, -0.05) is 51.1 Å². The lowest BCUT2D eigenvalue weighted by atomic mass is 9.79. The summed E-state index contributed by atoms with van der Waals surface area (Å²) in [5.74, 6) is 1.45. The summed E-state index contributed by atoms with van der Waals surface area (Å²) in [4.78, 5) is 12.3. The third-order valence-electron chi connectivity index (χ3n) is 4.33. The summed E-state index contributed by atoms with van der Waals surface area (Å²) in [6.45, 7) is 6.88. The number of carbonyl (C=O) groups excluding carboxylic acids is 1. The molecule has 1 aliphatic rings. The lowest BCUT2D eigenvalue weighted by Gasteiger charge is -2.26. The molecule has 98 valence electrons. The first-order valence-corrected chi connectivity index (χ1v) is 7.03. The van der Waals surface area contributed by atoms with Gasteiger partial charge in [0.15, 0.2) is 0 Å². The fourth-order valence-electron chi connectivity index (χ4n) is 3.00. The minimum absolute atomic E-state index is 0.300. The minimum Gasteiger partial charge on any atom is -0.299 e. The molecule has 0 spiro atoms. The first kappa shape index (κ1) is 13.3. The Labute approximate surface area is 111 Å². The predicted octanol–water partition coefficient (Wildman–Crippen LogP) is 4.26. The molecule has 1 aliphatic carbocycles. The SMILES string of the molecule is CC(C)(C)C1CCC(C(=O)Cc2ccccc2)C1. The van der Waals surface area contributed by atoms with Crippen molar-refractivity contribution in [1.29, 1.82) is 0 Å². The molecule has 0 bridgehead atoms. The number of Topliss-reactive ketones (excluding diaryl/α,β-unsaturated/α-hetero) is 1. The average molecular weight is 244 g/mol. The van der Waals surface area contributed by atoms with Gasteiger partial charge in [0.05, 0.1) is 0 Å². The zero-order chi connectivity index (χ0) is 13.2. The molecule has 2 atom stereocenters. The predicted molar refractivity (Wildman–Crippen MR) is 75.4 cm³/mol. The largest absolute Gasteiger partial charge is 0.299 e. The number of rotatable bonds is 3. The molecule has 1 nitrogen and oxygen atoms in total. The van der Waals surface area contributed by atoms with Gasteiger partial charge in [-0.05, 0) is 36.2 Å². The highest BCUT2D eigenvalue weighted by Crippen LogP contribution is 2.42. The number of hydrogen-bond acceptors (Lipinski definition) is 1. The van der Waals surface area contributed by atoms with E-state index in [-0.39, 0.29) is 0 Å². The fourth-order valence-corrected chi connectivity index (χ4v) is 3.00. The summed E-state index contributed by atoms with van der Waals surface area (Å²) in [5.41, 5.74) is 1.50. The van der Waals surface area contributed by atoms with Crippen molar-refractivity contribution < 1.29 is 4.79 Å². The van der Waals surface area contributed by atoms with Crippen LogP contribution in [0.2, 0.25) is 0 Å². The molecule has 0 amide bonds. The van der Waals surface area contributed by atoms with E-state index in [1.54, 1.807) is 0 Å². The van der Waals surface area contributed by atoms with E-state index >= 15 is 0 Å². The van der Waals surface area contributed by atoms with Gasteiger partial charge in [-0.25, -0.2) is 0 Å². The smallest absolute Gasteiger partial charge is 0.140 e. The van der Waals surface area contributed by atoms with Crippen molar-refractivity contribution in [3.8, 4) is 0 Å². The normalized spacial score (nSPS) is 24.2. The molecule has 1 saturated carbocycles. The standard InChI is InChI=1S/C17H24O/c1-17(2,3)15-10-9-14(12-15)16(18)11-13-7-5-4-6-8-13/h4-8,14-15H,9-12H2,1-3H3. The molecule has 0 radical (unpaired) electrons. The van der Waals surface area contributed by atoms with Gasteiger partial charge in [0.1, 0.15) is 5.78 Å². The second kappa shape index (κ2) is 5.26. The molecular weight excluding hydrogens is 220 g/mol. The Hall–Kier alpha value is -1.11. The van der Waals surface area contributed by atoms with Crippen molar-refractivity contribution in [2.24, 2.45) is 17.3 Å². The Morgan fingerprint density at radius 1 is 1.17 bits per heavy atom. The number of ketones is 1. The molecule has 1 fully saturated rings. The molecule has 18 heavy (non-hydrogen) atoms. The van der Waals surface area contributed by atoms with Crippen molar-refractivity contribution in [2.75, 3.05) is 0 Å². The van der Waals surface area contributed by atoms with Crippen molar-refractivity contribution in [1.82, 2.24) is 0 Å². The maximum Gasteiger partial charge on any atom is 0.140 e. The molecule has 0 heterocycles. The highest BCUT2D eigenvalue weighted by Gasteiger charge is 2.35. The fraction of sp³-hybridized carbons (Fsp3) is 0.588. The van der Waals surface area contributed by atoms with Gasteiger partial charge in [-0.2, -0.15) is 0 Å². The Balaban J connectivity index is 1.92. The van der Waals surface area contributed by atoms with Gasteiger partial charge >= 0.3 is 0 Å². The van der Waals surface area contributed by atoms with Crippen LogP contribution in [0.1, 0.15) is 45.6 Å². The second-order valence-electron chi connectivity index (χ2n) is 6.70. The third-order valence-corrected chi connectivity index (χ3v) is 4.33. The first-order valence-electron chi connectivity index (χ1n) is 7.03. The van der Waals surface area contributed by atoms with Gasteiger partial charge in [-0.15, -0.1) is 0 Å². The summed E-state index contributed by atoms with van der Waals surface area (Å²) >= 11 is 0. The van der Waals surface area contributed by atoms with Gasteiger partial charge < -0.3 is 0 Å². The Morgan fingerprint density at radius 3 is 2.39 bits per heavy atom. The van der Waals surface area contributed by atoms with Gasteiger partial charge in [0.2, 0.25) is 0 Å². The highest BCUT2D eigenvalue weighted by atomic mass is 16.1. The quantitative estimate of drug-likeness (QED) is 0.776. The van der Waals surface area contributed by atoms with E-state index in [9.17, 15) is 4.79 Å². The lowest BCUT2D eigenvalue weighted by molar-refractivity contribution is -0.122. The van der Waals surface area contributed by atoms with E-state index in [0.717, 1.165) is 18.4 Å². The molecule has 0 aromatic heterocycles. The summed E-state index contributed by atoms with van der Waals surface area (Å²) < 4.78 is 0. The van der Waals surface area contributed by atoms with Crippen molar-refractivity contribution in [3.05, 3.63) is 35.9 Å². The van der Waals surface area contributed by atoms with E-state index in [4.69, 9.17) is 0 Å². The van der Waals surface area contributed by atoms with Gasteiger partial charge in [0.25, 0.3) is 0 Å². The molecule has 1 aromatic rings. The molecular formula is C17H24O. The third kappa shape index (κ3) is 3.22. The Kier molecular flexibility index (Phi) is 3.89. The van der Waals surface area contributed by atoms with E-state index < -0.39 is 0 Å². The maximum atomic E-state index is 12.3. The zero-order valence-electron chi connectivity index (χ0n) is 11.8. The Bertz CT molecular complexity index is 399. The van der Waals surface area contributed by atoms with Crippen molar-refractivity contribution >= 4 is 5.78 Å². The lowest BCUT2D eigenvalue weighted by Crippen LogP contribution is -2.20. The van der Waals surface area contributed by atoms with E-state index in [0.29, 0.717) is 29.5 Å². The number of hydrogen-bond donors (Lipinski definition) is 0. The highest BCUT2D eigenvalue weighted by molar-refractivity contribution is 5.83. The van der Waals surface area contributed by atoms with Gasteiger partial charge in [0, 0.05) is 12.3 Å². The van der Waals surface area contributed by atoms with Crippen molar-refractivity contribution in [2.45, 2.75) is 46.5 Å². The average Bonchev–Trinajstić information content (AvgIpc) is 2.79. The van der Waals surface area contributed by atoms with Crippen LogP contribution in [-0.2, 0) is 11.2 Å². The van der Waals surface area contributed by atoms with E-state index in [1.807, 2.05) is 30.3 Å². The van der Waals surface area contributed by atoms with Crippen LogP contribution >= 0.6 is 0 Å². The summed E-state index contributed by atoms with van der Waals surface area (Å²) in [6, 6.07) is 10.1. The van der Waals surface area contributed by atoms with E-state index in [2.05, 4.69) is 20.8 Å².